The summed E-state index contributed by atoms with van der Waals surface area (Å²) in [6.07, 6.45) is -0.365. The van der Waals surface area contributed by atoms with Gasteiger partial charge in [0.05, 0.1) is 13.0 Å². The Balaban J connectivity index is 5.02. The van der Waals surface area contributed by atoms with Crippen molar-refractivity contribution in [1.82, 2.24) is 16.0 Å². The number of primary amides is 1. The van der Waals surface area contributed by atoms with Gasteiger partial charge in [0.2, 0.25) is 23.6 Å². The van der Waals surface area contributed by atoms with Crippen molar-refractivity contribution in [2.45, 2.75) is 57.8 Å². The number of carbonyl (C=O) groups excluding carboxylic acids is 4. The average molecular weight is 403 g/mol. The van der Waals surface area contributed by atoms with Gasteiger partial charge in [-0.05, 0) is 19.3 Å². The van der Waals surface area contributed by atoms with Gasteiger partial charge in [-0.25, -0.2) is 4.79 Å². The molecule has 12 heteroatoms. The number of nitrogens with one attached hydrogen (secondary N) is 3. The van der Waals surface area contributed by atoms with E-state index in [0.29, 0.717) is 0 Å². The van der Waals surface area contributed by atoms with Gasteiger partial charge in [0.1, 0.15) is 24.2 Å². The Kier molecular flexibility index (Phi) is 10.7. The van der Waals surface area contributed by atoms with Crippen molar-refractivity contribution in [3.05, 3.63) is 0 Å². The molecule has 9 N–H and O–H groups in total. The molecule has 0 aliphatic carbocycles. The second kappa shape index (κ2) is 11.9. The van der Waals surface area contributed by atoms with Crippen LogP contribution in [0.1, 0.15) is 33.6 Å². The molecule has 0 aromatic rings. The Bertz CT molecular complexity index is 596. The van der Waals surface area contributed by atoms with Crippen LogP contribution >= 0.6 is 0 Å². The van der Waals surface area contributed by atoms with Crippen molar-refractivity contribution in [3.8, 4) is 0 Å². The standard InChI is InChI=1S/C16H29N5O7/c1-7(2)4-10(20-14(25)9(17)6-22)15(26)19-8(3)13(24)21-11(16(27)28)5-12(18)23/h7-11,22H,4-6,17H2,1-3H3,(H2,18,23)(H,19,26)(H,20,25)(H,21,24)(H,27,28). The lowest BCUT2D eigenvalue weighted by Crippen LogP contribution is -2.57. The number of amides is 4. The molecule has 12 nitrogen and oxygen atoms in total. The molecular formula is C16H29N5O7. The highest BCUT2D eigenvalue weighted by Crippen LogP contribution is 2.06. The lowest BCUT2D eigenvalue weighted by molar-refractivity contribution is -0.143. The van der Waals surface area contributed by atoms with E-state index in [0.717, 1.165) is 0 Å². The minimum atomic E-state index is -1.53. The van der Waals surface area contributed by atoms with Crippen LogP contribution in [0.2, 0.25) is 0 Å². The van der Waals surface area contributed by atoms with Gasteiger partial charge >= 0.3 is 5.97 Å². The van der Waals surface area contributed by atoms with E-state index in [4.69, 9.17) is 21.7 Å². The first-order chi connectivity index (χ1) is 12.9. The predicted octanol–water partition coefficient (Wildman–Crippen LogP) is -3.21. The summed E-state index contributed by atoms with van der Waals surface area (Å²) in [4.78, 5) is 58.4. The first-order valence-electron chi connectivity index (χ1n) is 8.67. The van der Waals surface area contributed by atoms with Crippen molar-refractivity contribution in [3.63, 3.8) is 0 Å². The van der Waals surface area contributed by atoms with Crippen LogP contribution in [0.25, 0.3) is 0 Å². The lowest BCUT2D eigenvalue weighted by Gasteiger charge is -2.24. The molecule has 4 unspecified atom stereocenters. The first kappa shape index (κ1) is 25.3. The number of hydrogen-bond acceptors (Lipinski definition) is 7. The largest absolute Gasteiger partial charge is 0.480 e. The van der Waals surface area contributed by atoms with E-state index in [1.807, 2.05) is 13.8 Å². The summed E-state index contributed by atoms with van der Waals surface area (Å²) in [5, 5.41) is 24.8. The quantitative estimate of drug-likeness (QED) is 0.175. The van der Waals surface area contributed by atoms with E-state index >= 15 is 0 Å². The molecule has 0 aliphatic rings. The van der Waals surface area contributed by atoms with E-state index in [1.165, 1.54) is 6.92 Å². The summed E-state index contributed by atoms with van der Waals surface area (Å²) < 4.78 is 0. The first-order valence-corrected chi connectivity index (χ1v) is 8.67. The van der Waals surface area contributed by atoms with E-state index in [2.05, 4.69) is 16.0 Å². The number of nitrogens with two attached hydrogens (primary N) is 2. The Morgan fingerprint density at radius 1 is 0.893 bits per heavy atom. The zero-order valence-corrected chi connectivity index (χ0v) is 16.1. The molecule has 4 atom stereocenters. The van der Waals surface area contributed by atoms with Gasteiger partial charge in [0, 0.05) is 0 Å². The summed E-state index contributed by atoms with van der Waals surface area (Å²) in [6.45, 7) is 4.34. The van der Waals surface area contributed by atoms with Gasteiger partial charge in [0.15, 0.2) is 0 Å². The molecule has 0 spiro atoms. The zero-order valence-electron chi connectivity index (χ0n) is 16.1. The Morgan fingerprint density at radius 3 is 1.86 bits per heavy atom. The highest BCUT2D eigenvalue weighted by atomic mass is 16.4. The highest BCUT2D eigenvalue weighted by molar-refractivity contribution is 5.94. The predicted molar refractivity (Wildman–Crippen MR) is 97.4 cm³/mol. The van der Waals surface area contributed by atoms with Crippen molar-refractivity contribution >= 4 is 29.6 Å². The minimum absolute atomic E-state index is 0.0116. The maximum Gasteiger partial charge on any atom is 0.326 e. The third kappa shape index (κ3) is 9.28. The number of carboxylic acid groups (broad SMARTS) is 1. The van der Waals surface area contributed by atoms with E-state index in [1.54, 1.807) is 0 Å². The van der Waals surface area contributed by atoms with Crippen LogP contribution in [0, 0.1) is 5.92 Å². The monoisotopic (exact) mass is 403 g/mol. The smallest absolute Gasteiger partial charge is 0.326 e. The maximum atomic E-state index is 12.4. The number of hydrogen-bond donors (Lipinski definition) is 7. The molecule has 160 valence electrons. The van der Waals surface area contributed by atoms with Crippen molar-refractivity contribution < 1.29 is 34.2 Å². The molecule has 0 fully saturated rings. The average Bonchev–Trinajstić information content (AvgIpc) is 2.58. The summed E-state index contributed by atoms with van der Waals surface area (Å²) >= 11 is 0. The molecular weight excluding hydrogens is 374 g/mol. The van der Waals surface area contributed by atoms with Gasteiger partial charge < -0.3 is 37.6 Å². The third-order valence-corrected chi connectivity index (χ3v) is 3.65. The highest BCUT2D eigenvalue weighted by Gasteiger charge is 2.29. The summed E-state index contributed by atoms with van der Waals surface area (Å²) in [5.74, 6) is -4.61. The van der Waals surface area contributed by atoms with Crippen molar-refractivity contribution in [1.29, 1.82) is 0 Å². The van der Waals surface area contributed by atoms with E-state index in [9.17, 15) is 24.0 Å². The van der Waals surface area contributed by atoms with Crippen LogP contribution in [-0.4, -0.2) is 70.6 Å². The Hall–Kier alpha value is -2.73. The van der Waals surface area contributed by atoms with Crippen LogP contribution in [-0.2, 0) is 24.0 Å². The molecule has 28 heavy (non-hydrogen) atoms. The molecule has 0 aromatic carbocycles. The number of aliphatic hydroxyl groups excluding tert-OH is 1. The molecule has 0 aromatic heterocycles. The van der Waals surface area contributed by atoms with E-state index < -0.39 is 66.8 Å². The van der Waals surface area contributed by atoms with Crippen LogP contribution < -0.4 is 27.4 Å². The molecule has 0 heterocycles. The number of carbonyl (C=O) groups is 5. The second-order valence-corrected chi connectivity index (χ2v) is 6.78. The summed E-state index contributed by atoms with van der Waals surface area (Å²) in [6, 6.07) is -4.90. The SMILES string of the molecule is CC(C)CC(NC(=O)C(N)CO)C(=O)NC(C)C(=O)NC(CC(N)=O)C(=O)O. The molecule has 0 rings (SSSR count). The molecule has 0 radical (unpaired) electrons. The van der Waals surface area contributed by atoms with Crippen molar-refractivity contribution in [2.24, 2.45) is 17.4 Å². The summed E-state index contributed by atoms with van der Waals surface area (Å²) in [7, 11) is 0. The van der Waals surface area contributed by atoms with Crippen LogP contribution in [0.5, 0.6) is 0 Å². The molecule has 0 aliphatic heterocycles. The van der Waals surface area contributed by atoms with Crippen LogP contribution in [0.4, 0.5) is 0 Å². The van der Waals surface area contributed by atoms with Gasteiger partial charge in [-0.3, -0.25) is 19.2 Å². The summed E-state index contributed by atoms with van der Waals surface area (Å²) in [5.41, 5.74) is 10.4. The topological polar surface area (TPSA) is 214 Å². The van der Waals surface area contributed by atoms with Gasteiger partial charge in [0.25, 0.3) is 0 Å². The zero-order chi connectivity index (χ0) is 22.0. The number of aliphatic carboxylic acids is 1. The Labute approximate surface area is 162 Å². The van der Waals surface area contributed by atoms with Gasteiger partial charge in [-0.1, -0.05) is 13.8 Å². The van der Waals surface area contributed by atoms with Crippen LogP contribution in [0.3, 0.4) is 0 Å². The minimum Gasteiger partial charge on any atom is -0.480 e. The molecule has 4 amide bonds. The molecule has 0 bridgehead atoms. The Morgan fingerprint density at radius 2 is 1.43 bits per heavy atom. The third-order valence-electron chi connectivity index (χ3n) is 3.65. The fourth-order valence-electron chi connectivity index (χ4n) is 2.14. The normalized spacial score (nSPS) is 15.1. The fraction of sp³-hybridized carbons (Fsp3) is 0.688. The van der Waals surface area contributed by atoms with Gasteiger partial charge in [-0.15, -0.1) is 0 Å². The lowest BCUT2D eigenvalue weighted by atomic mass is 10.0. The van der Waals surface area contributed by atoms with E-state index in [-0.39, 0.29) is 12.3 Å². The second-order valence-electron chi connectivity index (χ2n) is 6.78. The van der Waals surface area contributed by atoms with Crippen molar-refractivity contribution in [2.75, 3.05) is 6.61 Å². The molecule has 0 saturated heterocycles. The van der Waals surface area contributed by atoms with Gasteiger partial charge in [-0.2, -0.15) is 0 Å². The number of carboxylic acids is 1. The fourth-order valence-corrected chi connectivity index (χ4v) is 2.14. The number of rotatable bonds is 12. The molecule has 0 saturated carbocycles. The number of aliphatic hydroxyl groups is 1. The van der Waals surface area contributed by atoms with Crippen LogP contribution in [0.15, 0.2) is 0 Å². The maximum absolute atomic E-state index is 12.4.